The first kappa shape index (κ1) is 32.8. The van der Waals surface area contributed by atoms with E-state index in [1.807, 2.05) is 0 Å². The van der Waals surface area contributed by atoms with Crippen LogP contribution in [0.15, 0.2) is 188 Å². The molecule has 0 saturated heterocycles. The van der Waals surface area contributed by atoms with Crippen LogP contribution in [-0.4, -0.2) is 14.5 Å². The summed E-state index contributed by atoms with van der Waals surface area (Å²) >= 11 is 0. The number of fused-ring (bicyclic) bond motifs is 12. The highest BCUT2D eigenvalue weighted by Gasteiger charge is 2.36. The van der Waals surface area contributed by atoms with E-state index in [0.717, 1.165) is 21.8 Å². The second-order valence-corrected chi connectivity index (χ2v) is 16.2. The van der Waals surface area contributed by atoms with Gasteiger partial charge in [-0.25, -0.2) is 0 Å². The van der Waals surface area contributed by atoms with Crippen molar-refractivity contribution in [1.82, 2.24) is 14.5 Å². The Morgan fingerprint density at radius 1 is 0.362 bits per heavy atom. The number of rotatable bonds is 4. The topological polar surface area (TPSA) is 30.7 Å². The van der Waals surface area contributed by atoms with Crippen molar-refractivity contribution in [2.75, 3.05) is 0 Å². The summed E-state index contributed by atoms with van der Waals surface area (Å²) in [4.78, 5) is 9.48. The Balaban J connectivity index is 0.919. The highest BCUT2D eigenvalue weighted by atomic mass is 15.0. The van der Waals surface area contributed by atoms with Crippen molar-refractivity contribution >= 4 is 54.4 Å². The van der Waals surface area contributed by atoms with Crippen LogP contribution >= 0.6 is 0 Å². The second kappa shape index (κ2) is 12.3. The van der Waals surface area contributed by atoms with Crippen molar-refractivity contribution < 1.29 is 0 Å². The van der Waals surface area contributed by atoms with Crippen LogP contribution in [0.1, 0.15) is 25.0 Å². The van der Waals surface area contributed by atoms with E-state index >= 15 is 0 Å². The fourth-order valence-electron chi connectivity index (χ4n) is 9.79. The fraction of sp³-hybridized carbons (Fsp3) is 0.0545. The molecule has 0 spiro atoms. The first-order valence-corrected chi connectivity index (χ1v) is 20.1. The standard InChI is InChI=1S/C55H37N3/c1-55(2)49-31-37(35-12-10-11-34(29-35)36-22-26-47-48(30-36)41-15-6-7-17-46(41)53-54(47)57-28-27-56-53)19-23-42(49)43-24-20-38(32-50(43)55)39-21-25-45-44-16-8-9-18-51(44)58(52(45)33-39)40-13-4-3-5-14-40/h3-33H,1-2H3. The molecule has 2 heterocycles. The van der Waals surface area contributed by atoms with Crippen molar-refractivity contribution in [3.63, 3.8) is 0 Å². The largest absolute Gasteiger partial charge is 0.309 e. The third-order valence-corrected chi connectivity index (χ3v) is 12.7. The van der Waals surface area contributed by atoms with Gasteiger partial charge in [-0.1, -0.05) is 141 Å². The van der Waals surface area contributed by atoms with Gasteiger partial charge < -0.3 is 4.57 Å². The summed E-state index contributed by atoms with van der Waals surface area (Å²) in [7, 11) is 0. The zero-order valence-corrected chi connectivity index (χ0v) is 32.2. The van der Waals surface area contributed by atoms with Crippen LogP contribution in [0.2, 0.25) is 0 Å². The Kier molecular flexibility index (Phi) is 6.98. The number of hydrogen-bond acceptors (Lipinski definition) is 2. The summed E-state index contributed by atoms with van der Waals surface area (Å²) in [6.07, 6.45) is 3.57. The van der Waals surface area contributed by atoms with Crippen LogP contribution in [0.4, 0.5) is 0 Å². The molecule has 0 atom stereocenters. The molecule has 272 valence electrons. The minimum absolute atomic E-state index is 0.164. The lowest BCUT2D eigenvalue weighted by Gasteiger charge is -2.23. The lowest BCUT2D eigenvalue weighted by molar-refractivity contribution is 0.661. The SMILES string of the molecule is CC1(C)c2cc(-c3cccc(-c4ccc5c(c4)c4ccccc4c4nccnc54)c3)ccc2-c2ccc(-c3ccc4c5ccccc5n(-c5ccccc5)c4c3)cc21. The predicted molar refractivity (Wildman–Crippen MR) is 243 cm³/mol. The maximum absolute atomic E-state index is 4.76. The third-order valence-electron chi connectivity index (χ3n) is 12.7. The minimum atomic E-state index is -0.164. The summed E-state index contributed by atoms with van der Waals surface area (Å²) in [5.74, 6) is 0. The Bertz CT molecular complexity index is 3450. The van der Waals surface area contributed by atoms with E-state index in [1.54, 1.807) is 12.4 Å². The van der Waals surface area contributed by atoms with Gasteiger partial charge in [-0.05, 0) is 115 Å². The molecule has 11 aromatic rings. The quantitative estimate of drug-likeness (QED) is 0.168. The molecule has 2 aromatic heterocycles. The molecule has 12 rings (SSSR count). The summed E-state index contributed by atoms with van der Waals surface area (Å²) in [6.45, 7) is 4.76. The molecule has 1 aliphatic carbocycles. The van der Waals surface area contributed by atoms with Gasteiger partial charge in [-0.2, -0.15) is 0 Å². The number of para-hydroxylation sites is 2. The van der Waals surface area contributed by atoms with E-state index in [1.165, 1.54) is 93.9 Å². The first-order valence-electron chi connectivity index (χ1n) is 20.1. The van der Waals surface area contributed by atoms with Crippen LogP contribution in [-0.2, 0) is 5.41 Å². The molecule has 0 unspecified atom stereocenters. The molecule has 58 heavy (non-hydrogen) atoms. The van der Waals surface area contributed by atoms with E-state index in [4.69, 9.17) is 9.97 Å². The van der Waals surface area contributed by atoms with Crippen molar-refractivity contribution in [1.29, 1.82) is 0 Å². The Hall–Kier alpha value is -7.36. The van der Waals surface area contributed by atoms with Gasteiger partial charge in [0.25, 0.3) is 0 Å². The average Bonchev–Trinajstić information content (AvgIpc) is 3.73. The molecule has 0 amide bonds. The zero-order valence-electron chi connectivity index (χ0n) is 32.2. The van der Waals surface area contributed by atoms with Gasteiger partial charge >= 0.3 is 0 Å². The smallest absolute Gasteiger partial charge is 0.0971 e. The van der Waals surface area contributed by atoms with E-state index < -0.39 is 0 Å². The molecule has 3 heteroatoms. The first-order chi connectivity index (χ1) is 28.5. The lowest BCUT2D eigenvalue weighted by Crippen LogP contribution is -2.15. The van der Waals surface area contributed by atoms with Gasteiger partial charge in [0.15, 0.2) is 0 Å². The average molecular weight is 740 g/mol. The summed E-state index contributed by atoms with van der Waals surface area (Å²) in [5.41, 5.74) is 18.0. The van der Waals surface area contributed by atoms with Crippen LogP contribution in [0.5, 0.6) is 0 Å². The number of benzene rings is 9. The molecule has 9 aromatic carbocycles. The van der Waals surface area contributed by atoms with Gasteiger partial charge in [0, 0.05) is 45.0 Å². The van der Waals surface area contributed by atoms with E-state index in [0.29, 0.717) is 0 Å². The highest BCUT2D eigenvalue weighted by Crippen LogP contribution is 2.51. The maximum atomic E-state index is 4.76. The van der Waals surface area contributed by atoms with Gasteiger partial charge in [-0.3, -0.25) is 9.97 Å². The molecule has 0 bridgehead atoms. The van der Waals surface area contributed by atoms with Gasteiger partial charge in [0.05, 0.1) is 22.1 Å². The molecule has 3 nitrogen and oxygen atoms in total. The number of aromatic nitrogens is 3. The Morgan fingerprint density at radius 2 is 0.862 bits per heavy atom. The van der Waals surface area contributed by atoms with Crippen molar-refractivity contribution in [2.45, 2.75) is 19.3 Å². The molecule has 1 aliphatic rings. The molecule has 0 N–H and O–H groups in total. The summed E-state index contributed by atoms with van der Waals surface area (Å²) < 4.78 is 2.40. The maximum Gasteiger partial charge on any atom is 0.0971 e. The third kappa shape index (κ3) is 4.80. The van der Waals surface area contributed by atoms with Crippen molar-refractivity contribution in [2.24, 2.45) is 0 Å². The van der Waals surface area contributed by atoms with Crippen molar-refractivity contribution in [3.05, 3.63) is 199 Å². The van der Waals surface area contributed by atoms with Gasteiger partial charge in [0.2, 0.25) is 0 Å². The van der Waals surface area contributed by atoms with Crippen LogP contribution in [0.3, 0.4) is 0 Å². The van der Waals surface area contributed by atoms with E-state index in [-0.39, 0.29) is 5.41 Å². The van der Waals surface area contributed by atoms with Crippen LogP contribution in [0.25, 0.3) is 105 Å². The molecular weight excluding hydrogens is 703 g/mol. The lowest BCUT2D eigenvalue weighted by atomic mass is 9.80. The van der Waals surface area contributed by atoms with Crippen LogP contribution < -0.4 is 0 Å². The molecular formula is C55H37N3. The summed E-state index contributed by atoms with van der Waals surface area (Å²) in [5, 5.41) is 7.19. The Labute approximate surface area is 336 Å². The molecule has 0 saturated carbocycles. The van der Waals surface area contributed by atoms with E-state index in [9.17, 15) is 0 Å². The van der Waals surface area contributed by atoms with Crippen LogP contribution in [0, 0.1) is 0 Å². The number of hydrogen-bond donors (Lipinski definition) is 0. The highest BCUT2D eigenvalue weighted by molar-refractivity contribution is 6.23. The Morgan fingerprint density at radius 3 is 1.55 bits per heavy atom. The number of nitrogens with zero attached hydrogens (tertiary/aromatic N) is 3. The normalized spacial score (nSPS) is 13.1. The predicted octanol–water partition coefficient (Wildman–Crippen LogP) is 14.3. The second-order valence-electron chi connectivity index (χ2n) is 16.2. The minimum Gasteiger partial charge on any atom is -0.309 e. The zero-order chi connectivity index (χ0) is 38.5. The summed E-state index contributed by atoms with van der Waals surface area (Å²) in [6, 6.07) is 64.8. The fourth-order valence-corrected chi connectivity index (χ4v) is 9.79. The van der Waals surface area contributed by atoms with Crippen molar-refractivity contribution in [3.8, 4) is 50.2 Å². The van der Waals surface area contributed by atoms with Gasteiger partial charge in [0.1, 0.15) is 0 Å². The van der Waals surface area contributed by atoms with Gasteiger partial charge in [-0.15, -0.1) is 0 Å². The molecule has 0 fully saturated rings. The molecule has 0 aliphatic heterocycles. The molecule has 0 radical (unpaired) electrons. The monoisotopic (exact) mass is 739 g/mol. The van der Waals surface area contributed by atoms with E-state index in [2.05, 4.69) is 194 Å².